The molecule has 2 atom stereocenters. The molecule has 0 bridgehead atoms. The van der Waals surface area contributed by atoms with E-state index in [-0.39, 0.29) is 11.7 Å². The van der Waals surface area contributed by atoms with E-state index >= 15 is 0 Å². The highest BCUT2D eigenvalue weighted by molar-refractivity contribution is 6.01. The molecule has 0 spiro atoms. The highest BCUT2D eigenvalue weighted by Gasteiger charge is 2.42. The van der Waals surface area contributed by atoms with Crippen molar-refractivity contribution in [1.82, 2.24) is 19.6 Å². The van der Waals surface area contributed by atoms with Gasteiger partial charge in [0.05, 0.1) is 24.5 Å². The van der Waals surface area contributed by atoms with E-state index in [1.54, 1.807) is 30.9 Å². The number of carbonyl (C=O) groups excluding carboxylic acids is 1. The lowest BCUT2D eigenvalue weighted by molar-refractivity contribution is -0.0773. The maximum absolute atomic E-state index is 12.9. The molecule has 4 rings (SSSR count). The molecule has 152 valence electrons. The number of methoxy groups -OCH3 is 1. The topological polar surface area (TPSA) is 102 Å². The molecule has 0 aliphatic heterocycles. The number of nitrogens with one attached hydrogen (secondary N) is 1. The van der Waals surface area contributed by atoms with Gasteiger partial charge in [0.2, 0.25) is 5.88 Å². The molecule has 29 heavy (non-hydrogen) atoms. The van der Waals surface area contributed by atoms with Crippen molar-refractivity contribution in [3.8, 4) is 5.88 Å². The summed E-state index contributed by atoms with van der Waals surface area (Å²) >= 11 is 0. The van der Waals surface area contributed by atoms with Gasteiger partial charge in [0, 0.05) is 24.4 Å². The van der Waals surface area contributed by atoms with Crippen molar-refractivity contribution < 1.29 is 14.6 Å². The van der Waals surface area contributed by atoms with Crippen LogP contribution < -0.4 is 10.1 Å². The van der Waals surface area contributed by atoms with Crippen LogP contribution in [0.2, 0.25) is 0 Å². The summed E-state index contributed by atoms with van der Waals surface area (Å²) in [5.41, 5.74) is 1.84. The molecule has 3 heterocycles. The third-order valence-electron chi connectivity index (χ3n) is 5.75. The number of pyridine rings is 1. The van der Waals surface area contributed by atoms with Crippen LogP contribution in [0.3, 0.4) is 0 Å². The Morgan fingerprint density at radius 2 is 2.31 bits per heavy atom. The summed E-state index contributed by atoms with van der Waals surface area (Å²) in [4.78, 5) is 21.8. The first-order valence-electron chi connectivity index (χ1n) is 9.82. The van der Waals surface area contributed by atoms with E-state index in [9.17, 15) is 9.90 Å². The van der Waals surface area contributed by atoms with Gasteiger partial charge in [-0.25, -0.2) is 14.5 Å². The van der Waals surface area contributed by atoms with Crippen LogP contribution in [0.15, 0.2) is 30.6 Å². The number of aromatic nitrogens is 4. The molecule has 0 unspecified atom stereocenters. The normalized spacial score (nSPS) is 21.0. The van der Waals surface area contributed by atoms with Gasteiger partial charge >= 0.3 is 0 Å². The van der Waals surface area contributed by atoms with Gasteiger partial charge in [0.1, 0.15) is 11.5 Å². The minimum atomic E-state index is -0.760. The molecular weight excluding hydrogens is 370 g/mol. The molecule has 0 radical (unpaired) electrons. The minimum Gasteiger partial charge on any atom is -0.480 e. The van der Waals surface area contributed by atoms with Crippen LogP contribution in [-0.2, 0) is 6.42 Å². The van der Waals surface area contributed by atoms with E-state index < -0.39 is 5.60 Å². The smallest absolute Gasteiger partial charge is 0.237 e. The average molecular weight is 395 g/mol. The van der Waals surface area contributed by atoms with Crippen molar-refractivity contribution in [2.45, 2.75) is 45.1 Å². The number of rotatable bonds is 7. The molecule has 3 aromatic rings. The van der Waals surface area contributed by atoms with Crippen molar-refractivity contribution in [1.29, 1.82) is 0 Å². The number of carbonyl (C=O) groups is 1. The minimum absolute atomic E-state index is 0.0171. The highest BCUT2D eigenvalue weighted by Crippen LogP contribution is 2.41. The van der Waals surface area contributed by atoms with Crippen molar-refractivity contribution in [2.24, 2.45) is 5.92 Å². The lowest BCUT2D eigenvalue weighted by Crippen LogP contribution is -2.45. The Labute approximate surface area is 168 Å². The molecule has 1 aliphatic rings. The van der Waals surface area contributed by atoms with Crippen LogP contribution in [0.1, 0.15) is 49.2 Å². The van der Waals surface area contributed by atoms with E-state index in [4.69, 9.17) is 4.74 Å². The Morgan fingerprint density at radius 1 is 1.48 bits per heavy atom. The Kier molecular flexibility index (Phi) is 4.96. The second kappa shape index (κ2) is 7.44. The molecule has 1 fully saturated rings. The molecular formula is C21H25N5O3. The fraction of sp³-hybridized carbons (Fsp3) is 0.429. The predicted octanol–water partition coefficient (Wildman–Crippen LogP) is 3.17. The molecule has 8 nitrogen and oxygen atoms in total. The number of Topliss-reactive ketones (excluding diaryl/α,β-unsaturated/α-hetero) is 1. The summed E-state index contributed by atoms with van der Waals surface area (Å²) in [7, 11) is 1.56. The van der Waals surface area contributed by atoms with Gasteiger partial charge in [-0.2, -0.15) is 5.10 Å². The van der Waals surface area contributed by atoms with Crippen molar-refractivity contribution in [3.05, 3.63) is 41.9 Å². The Balaban J connectivity index is 1.69. The van der Waals surface area contributed by atoms with E-state index in [1.807, 2.05) is 25.1 Å². The summed E-state index contributed by atoms with van der Waals surface area (Å²) in [6.07, 6.45) is 5.85. The monoisotopic (exact) mass is 395 g/mol. The highest BCUT2D eigenvalue weighted by atomic mass is 16.5. The van der Waals surface area contributed by atoms with Crippen LogP contribution in [0.25, 0.3) is 5.65 Å². The summed E-state index contributed by atoms with van der Waals surface area (Å²) < 4.78 is 7.00. The maximum atomic E-state index is 12.9. The van der Waals surface area contributed by atoms with E-state index in [0.29, 0.717) is 35.0 Å². The first-order valence-corrected chi connectivity index (χ1v) is 9.82. The SMILES string of the molecule is CCc1cc(Nc2cccnc2OC)nc2c(C(=O)C[C@@H]3CC[C@]3(C)O)cnn12. The number of anilines is 2. The first kappa shape index (κ1) is 19.3. The van der Waals surface area contributed by atoms with Crippen molar-refractivity contribution >= 4 is 22.9 Å². The Bertz CT molecular complexity index is 1060. The third kappa shape index (κ3) is 3.55. The van der Waals surface area contributed by atoms with Gasteiger partial charge < -0.3 is 15.2 Å². The summed E-state index contributed by atoms with van der Waals surface area (Å²) in [6, 6.07) is 5.56. The van der Waals surface area contributed by atoms with E-state index in [1.165, 1.54) is 0 Å². The van der Waals surface area contributed by atoms with E-state index in [0.717, 1.165) is 25.0 Å². The van der Waals surface area contributed by atoms with Gasteiger partial charge in [-0.1, -0.05) is 6.92 Å². The molecule has 0 saturated heterocycles. The zero-order chi connectivity index (χ0) is 20.6. The van der Waals surface area contributed by atoms with Crippen molar-refractivity contribution in [2.75, 3.05) is 12.4 Å². The number of ketones is 1. The number of aryl methyl sites for hydroxylation is 1. The number of nitrogens with zero attached hydrogens (tertiary/aromatic N) is 4. The standard InChI is InChI=1S/C21H25N5O3/c1-4-14-11-18(24-16-6-5-9-22-20(16)29-3)25-19-15(12-23-26(14)19)17(27)10-13-7-8-21(13,2)28/h5-6,9,11-13,28H,4,7-8,10H2,1-3H3,(H,24,25)/t13-,21-/m0/s1. The van der Waals surface area contributed by atoms with E-state index in [2.05, 4.69) is 20.4 Å². The number of hydrogen-bond acceptors (Lipinski definition) is 7. The lowest BCUT2D eigenvalue weighted by Gasteiger charge is -2.42. The van der Waals surface area contributed by atoms with Gasteiger partial charge in [-0.15, -0.1) is 0 Å². The average Bonchev–Trinajstić information content (AvgIpc) is 3.15. The number of hydrogen-bond donors (Lipinski definition) is 2. The molecule has 0 aromatic carbocycles. The van der Waals surface area contributed by atoms with Crippen LogP contribution >= 0.6 is 0 Å². The molecule has 1 saturated carbocycles. The molecule has 2 N–H and O–H groups in total. The van der Waals surface area contributed by atoms with Gasteiger partial charge in [-0.05, 0) is 44.2 Å². The predicted molar refractivity (Wildman–Crippen MR) is 109 cm³/mol. The fourth-order valence-electron chi connectivity index (χ4n) is 3.75. The molecule has 8 heteroatoms. The van der Waals surface area contributed by atoms with Crippen LogP contribution in [0, 0.1) is 5.92 Å². The second-order valence-electron chi connectivity index (χ2n) is 7.69. The van der Waals surface area contributed by atoms with Gasteiger partial charge in [0.15, 0.2) is 11.4 Å². The zero-order valence-corrected chi connectivity index (χ0v) is 16.8. The van der Waals surface area contributed by atoms with Crippen molar-refractivity contribution in [3.63, 3.8) is 0 Å². The fourth-order valence-corrected chi connectivity index (χ4v) is 3.75. The largest absolute Gasteiger partial charge is 0.480 e. The van der Waals surface area contributed by atoms with Crippen LogP contribution in [-0.4, -0.2) is 43.2 Å². The molecule has 3 aromatic heterocycles. The summed E-state index contributed by atoms with van der Waals surface area (Å²) in [5, 5.41) is 17.9. The van der Waals surface area contributed by atoms with Crippen LogP contribution in [0.5, 0.6) is 5.88 Å². The maximum Gasteiger partial charge on any atom is 0.237 e. The van der Waals surface area contributed by atoms with Gasteiger partial charge in [-0.3, -0.25) is 4.79 Å². The van der Waals surface area contributed by atoms with Gasteiger partial charge in [0.25, 0.3) is 0 Å². The zero-order valence-electron chi connectivity index (χ0n) is 16.8. The molecule has 0 amide bonds. The lowest BCUT2D eigenvalue weighted by atomic mass is 9.68. The Morgan fingerprint density at radius 3 is 2.97 bits per heavy atom. The number of fused-ring (bicyclic) bond motifs is 1. The number of ether oxygens (including phenoxy) is 1. The third-order valence-corrected chi connectivity index (χ3v) is 5.75. The second-order valence-corrected chi connectivity index (χ2v) is 7.69. The number of aliphatic hydroxyl groups is 1. The molecule has 1 aliphatic carbocycles. The quantitative estimate of drug-likeness (QED) is 0.593. The first-order chi connectivity index (χ1) is 13.9. The summed E-state index contributed by atoms with van der Waals surface area (Å²) in [6.45, 7) is 3.82. The Hall–Kier alpha value is -3.00. The summed E-state index contributed by atoms with van der Waals surface area (Å²) in [5.74, 6) is 0.988. The van der Waals surface area contributed by atoms with Crippen LogP contribution in [0.4, 0.5) is 11.5 Å².